The van der Waals surface area contributed by atoms with Crippen LogP contribution in [0.15, 0.2) is 191 Å². The van der Waals surface area contributed by atoms with E-state index in [9.17, 15) is 0 Å². The van der Waals surface area contributed by atoms with Gasteiger partial charge in [0, 0.05) is 21.5 Å². The molecule has 0 unspecified atom stereocenters. The molecule has 2 heteroatoms. The molecule has 13 rings (SSSR count). The average molecular weight is 739 g/mol. The van der Waals surface area contributed by atoms with E-state index in [4.69, 9.17) is 8.83 Å². The molecule has 58 heavy (non-hydrogen) atoms. The molecule has 9 aromatic carbocycles. The van der Waals surface area contributed by atoms with Crippen molar-refractivity contribution in [3.63, 3.8) is 0 Å². The molecule has 0 atom stereocenters. The van der Waals surface area contributed by atoms with E-state index in [0.717, 1.165) is 62.3 Å². The molecular weight excluding hydrogens is 705 g/mol. The quantitative estimate of drug-likeness (QED) is 0.180. The lowest BCUT2D eigenvalue weighted by atomic mass is 9.94. The summed E-state index contributed by atoms with van der Waals surface area (Å²) in [4.78, 5) is 0. The highest BCUT2D eigenvalue weighted by atomic mass is 16.4. The Labute approximate surface area is 335 Å². The van der Waals surface area contributed by atoms with Crippen molar-refractivity contribution in [1.29, 1.82) is 0 Å². The largest absolute Gasteiger partial charge is 0.452 e. The summed E-state index contributed by atoms with van der Waals surface area (Å²) in [5.74, 6) is 0. The second-order valence-corrected chi connectivity index (χ2v) is 16.0. The van der Waals surface area contributed by atoms with Crippen LogP contribution in [0.5, 0.6) is 0 Å². The first-order chi connectivity index (χ1) is 28.7. The van der Waals surface area contributed by atoms with E-state index in [1.807, 2.05) is 6.07 Å². The minimum Gasteiger partial charge on any atom is -0.452 e. The van der Waals surface area contributed by atoms with Crippen LogP contribution >= 0.6 is 0 Å². The van der Waals surface area contributed by atoms with Crippen molar-refractivity contribution in [2.75, 3.05) is 0 Å². The predicted octanol–water partition coefficient (Wildman–Crippen LogP) is 15.3. The van der Waals surface area contributed by atoms with Gasteiger partial charge in [0.2, 0.25) is 0 Å². The van der Waals surface area contributed by atoms with E-state index in [1.165, 1.54) is 83.5 Å². The van der Waals surface area contributed by atoms with Gasteiger partial charge in [-0.3, -0.25) is 0 Å². The van der Waals surface area contributed by atoms with Crippen LogP contribution in [0.25, 0.3) is 111 Å². The molecule has 2 aliphatic carbocycles. The van der Waals surface area contributed by atoms with Crippen molar-refractivity contribution in [3.05, 3.63) is 204 Å². The zero-order valence-electron chi connectivity index (χ0n) is 31.6. The number of benzene rings is 9. The highest BCUT2D eigenvalue weighted by Crippen LogP contribution is 2.48. The maximum absolute atomic E-state index is 6.54. The van der Waals surface area contributed by atoms with Crippen LogP contribution in [-0.2, 0) is 12.8 Å². The maximum atomic E-state index is 6.54. The van der Waals surface area contributed by atoms with Crippen molar-refractivity contribution in [2.24, 2.45) is 0 Å². The fourth-order valence-electron chi connectivity index (χ4n) is 9.87. The first-order valence-corrected chi connectivity index (χ1v) is 20.1. The fourth-order valence-corrected chi connectivity index (χ4v) is 9.87. The molecule has 0 spiro atoms. The smallest absolute Gasteiger partial charge is 0.178 e. The third kappa shape index (κ3) is 4.72. The molecule has 2 aromatic heterocycles. The van der Waals surface area contributed by atoms with Crippen molar-refractivity contribution in [1.82, 2.24) is 0 Å². The lowest BCUT2D eigenvalue weighted by molar-refractivity contribution is 0.633. The summed E-state index contributed by atoms with van der Waals surface area (Å²) in [6, 6.07) is 66.3. The topological polar surface area (TPSA) is 26.3 Å². The normalized spacial score (nSPS) is 12.7. The average Bonchev–Trinajstić information content (AvgIpc) is 4.06. The monoisotopic (exact) mass is 738 g/mol. The Morgan fingerprint density at radius 1 is 0.276 bits per heavy atom. The van der Waals surface area contributed by atoms with Gasteiger partial charge in [-0.2, -0.15) is 0 Å². The molecule has 2 nitrogen and oxygen atoms in total. The van der Waals surface area contributed by atoms with E-state index in [0.29, 0.717) is 0 Å². The molecule has 0 amide bonds. The molecule has 2 aliphatic rings. The van der Waals surface area contributed by atoms with Gasteiger partial charge in [-0.15, -0.1) is 0 Å². The first kappa shape index (κ1) is 31.7. The second-order valence-electron chi connectivity index (χ2n) is 16.0. The minimum absolute atomic E-state index is 0.792. The number of furan rings is 2. The molecule has 0 aliphatic heterocycles. The summed E-state index contributed by atoms with van der Waals surface area (Å²) in [6.45, 7) is 0. The van der Waals surface area contributed by atoms with Crippen molar-refractivity contribution in [3.8, 4) is 66.8 Å². The van der Waals surface area contributed by atoms with Crippen molar-refractivity contribution >= 4 is 43.9 Å². The molecule has 0 N–H and O–H groups in total. The Hall–Kier alpha value is -7.42. The van der Waals surface area contributed by atoms with Gasteiger partial charge in [0.25, 0.3) is 0 Å². The van der Waals surface area contributed by atoms with Crippen LogP contribution in [0.4, 0.5) is 0 Å². The van der Waals surface area contributed by atoms with Crippen LogP contribution in [0, 0.1) is 0 Å². The summed E-state index contributed by atoms with van der Waals surface area (Å²) in [5.41, 5.74) is 24.4. The highest BCUT2D eigenvalue weighted by Gasteiger charge is 2.28. The summed E-state index contributed by atoms with van der Waals surface area (Å²) in [7, 11) is 0. The lowest BCUT2D eigenvalue weighted by Crippen LogP contribution is -1.90. The molecule has 0 radical (unpaired) electrons. The van der Waals surface area contributed by atoms with Gasteiger partial charge in [-0.25, -0.2) is 0 Å². The van der Waals surface area contributed by atoms with Crippen LogP contribution < -0.4 is 0 Å². The molecule has 0 bridgehead atoms. The van der Waals surface area contributed by atoms with Gasteiger partial charge in [0.05, 0.1) is 0 Å². The molecular formula is C56H34O2. The maximum Gasteiger partial charge on any atom is 0.178 e. The molecule has 0 saturated carbocycles. The van der Waals surface area contributed by atoms with Gasteiger partial charge >= 0.3 is 0 Å². The Balaban J connectivity index is 0.840. The standard InChI is InChI=1S/C56H34O2/c1-3-8-33(9-4-1)37-14-16-41-31-49-43(47(41)27-37)20-21-44-48-28-39(15-17-42(48)32-50(44)49)35-12-7-13-36(26-35)40-19-25-54-52(30-40)46-23-22-45-51-29-38(34-10-5-2-6-11-34)18-24-53(51)57-55(45)56(46)58-54/h1-30H,31-32H2. The SMILES string of the molecule is c1ccc(-c2ccc3c(c2)-c2ccc4c(c2C3)Cc2ccc(-c3cccc(-c5ccc6oc7c(ccc8c9cc(-c%10ccccc%10)ccc9oc87)c6c5)c3)cc2-4)cc1. The summed E-state index contributed by atoms with van der Waals surface area (Å²) < 4.78 is 13.0. The third-order valence-corrected chi connectivity index (χ3v) is 12.8. The summed E-state index contributed by atoms with van der Waals surface area (Å²) >= 11 is 0. The number of hydrogen-bond donors (Lipinski definition) is 0. The highest BCUT2D eigenvalue weighted by molar-refractivity contribution is 6.19. The van der Waals surface area contributed by atoms with Gasteiger partial charge in [-0.1, -0.05) is 127 Å². The van der Waals surface area contributed by atoms with E-state index < -0.39 is 0 Å². The molecule has 0 saturated heterocycles. The number of fused-ring (bicyclic) bond motifs is 14. The Morgan fingerprint density at radius 2 is 0.690 bits per heavy atom. The minimum atomic E-state index is 0.792. The van der Waals surface area contributed by atoms with Crippen LogP contribution in [-0.4, -0.2) is 0 Å². The molecule has 270 valence electrons. The molecule has 0 fully saturated rings. The molecule has 2 heterocycles. The first-order valence-electron chi connectivity index (χ1n) is 20.1. The Morgan fingerprint density at radius 3 is 1.21 bits per heavy atom. The molecule has 11 aromatic rings. The zero-order valence-corrected chi connectivity index (χ0v) is 31.6. The fraction of sp³-hybridized carbons (Fsp3) is 0.0357. The number of hydrogen-bond acceptors (Lipinski definition) is 2. The predicted molar refractivity (Wildman–Crippen MR) is 239 cm³/mol. The van der Waals surface area contributed by atoms with Crippen molar-refractivity contribution in [2.45, 2.75) is 12.8 Å². The van der Waals surface area contributed by atoms with E-state index in [-0.39, 0.29) is 0 Å². The van der Waals surface area contributed by atoms with Gasteiger partial charge < -0.3 is 8.83 Å². The van der Waals surface area contributed by atoms with Crippen LogP contribution in [0.3, 0.4) is 0 Å². The second kappa shape index (κ2) is 12.0. The Kier molecular flexibility index (Phi) is 6.59. The van der Waals surface area contributed by atoms with Gasteiger partial charge in [0.1, 0.15) is 11.2 Å². The van der Waals surface area contributed by atoms with E-state index in [1.54, 1.807) is 0 Å². The zero-order chi connectivity index (χ0) is 37.9. The number of rotatable bonds is 4. The Bertz CT molecular complexity index is 3490. The van der Waals surface area contributed by atoms with E-state index >= 15 is 0 Å². The van der Waals surface area contributed by atoms with E-state index in [2.05, 4.69) is 176 Å². The third-order valence-electron chi connectivity index (χ3n) is 12.8. The van der Waals surface area contributed by atoms with Crippen molar-refractivity contribution < 1.29 is 8.83 Å². The van der Waals surface area contributed by atoms with Gasteiger partial charge in [0.15, 0.2) is 11.2 Å². The lowest BCUT2D eigenvalue weighted by Gasteiger charge is -2.10. The summed E-state index contributed by atoms with van der Waals surface area (Å²) in [6.07, 6.45) is 1.99. The van der Waals surface area contributed by atoms with Crippen LogP contribution in [0.1, 0.15) is 22.3 Å². The van der Waals surface area contributed by atoms with Gasteiger partial charge in [-0.05, 0) is 156 Å². The van der Waals surface area contributed by atoms with Crippen LogP contribution in [0.2, 0.25) is 0 Å². The summed E-state index contributed by atoms with van der Waals surface area (Å²) in [5, 5.41) is 4.31.